The maximum atomic E-state index is 11.8. The Morgan fingerprint density at radius 2 is 2.38 bits per heavy atom. The van der Waals surface area contributed by atoms with E-state index in [1.54, 1.807) is 4.90 Å². The molecule has 1 heterocycles. The van der Waals surface area contributed by atoms with Crippen LogP contribution in [0.25, 0.3) is 10.4 Å². The first-order valence-electron chi connectivity index (χ1n) is 5.15. The Balaban J connectivity index is 2.28. The van der Waals surface area contributed by atoms with E-state index in [9.17, 15) is 4.79 Å². The zero-order valence-electron chi connectivity index (χ0n) is 9.00. The third kappa shape index (κ3) is 1.73. The van der Waals surface area contributed by atoms with Gasteiger partial charge in [0.2, 0.25) is 5.91 Å². The van der Waals surface area contributed by atoms with E-state index in [4.69, 9.17) is 5.53 Å². The van der Waals surface area contributed by atoms with Crippen molar-refractivity contribution in [1.29, 1.82) is 0 Å². The molecule has 1 aliphatic heterocycles. The monoisotopic (exact) mass is 216 g/mol. The summed E-state index contributed by atoms with van der Waals surface area (Å²) in [4.78, 5) is 16.2. The normalized spacial score (nSPS) is 17.8. The van der Waals surface area contributed by atoms with Gasteiger partial charge in [0.05, 0.1) is 0 Å². The second-order valence-electron chi connectivity index (χ2n) is 3.83. The molecule has 16 heavy (non-hydrogen) atoms. The molecule has 82 valence electrons. The highest BCUT2D eigenvalue weighted by molar-refractivity contribution is 5.97. The lowest BCUT2D eigenvalue weighted by atomic mass is 10.1. The van der Waals surface area contributed by atoms with Crippen LogP contribution in [0.15, 0.2) is 29.4 Å². The second kappa shape index (κ2) is 4.24. The molecule has 0 aromatic heterocycles. The van der Waals surface area contributed by atoms with Crippen LogP contribution >= 0.6 is 0 Å². The predicted octanol–water partition coefficient (Wildman–Crippen LogP) is 2.27. The van der Waals surface area contributed by atoms with Crippen LogP contribution in [0.3, 0.4) is 0 Å². The molecular formula is C11H12N4O. The summed E-state index contributed by atoms with van der Waals surface area (Å²) in [5.41, 5.74) is 10.3. The van der Waals surface area contributed by atoms with Crippen LogP contribution in [0.4, 0.5) is 5.69 Å². The summed E-state index contributed by atoms with van der Waals surface area (Å²) in [5.74, 6) is -0.143. The number of hydrogen-bond donors (Lipinski definition) is 0. The molecular weight excluding hydrogens is 204 g/mol. The van der Waals surface area contributed by atoms with Crippen molar-refractivity contribution in [3.63, 3.8) is 0 Å². The molecule has 0 N–H and O–H groups in total. The van der Waals surface area contributed by atoms with E-state index in [1.165, 1.54) is 5.56 Å². The van der Waals surface area contributed by atoms with Gasteiger partial charge in [-0.1, -0.05) is 23.3 Å². The topological polar surface area (TPSA) is 69.1 Å². The summed E-state index contributed by atoms with van der Waals surface area (Å²) < 4.78 is 0. The standard InChI is InChI=1S/C11H12N4O/c1-8-6-9-4-2-3-5-10(9)15(8)11(16)7-13-14-12/h2-5,8H,6-7H2,1H3. The average Bonchev–Trinajstić information content (AvgIpc) is 2.62. The smallest absolute Gasteiger partial charge is 0.233 e. The Morgan fingerprint density at radius 1 is 1.62 bits per heavy atom. The first-order valence-corrected chi connectivity index (χ1v) is 5.15. The van der Waals surface area contributed by atoms with E-state index < -0.39 is 0 Å². The van der Waals surface area contributed by atoms with Gasteiger partial charge < -0.3 is 4.90 Å². The lowest BCUT2D eigenvalue weighted by molar-refractivity contribution is -0.117. The van der Waals surface area contributed by atoms with Crippen LogP contribution in [-0.4, -0.2) is 18.5 Å². The van der Waals surface area contributed by atoms with Crippen molar-refractivity contribution in [3.05, 3.63) is 40.3 Å². The molecule has 0 saturated carbocycles. The quantitative estimate of drug-likeness (QED) is 0.424. The first-order chi connectivity index (χ1) is 7.74. The van der Waals surface area contributed by atoms with Gasteiger partial charge in [0, 0.05) is 16.6 Å². The Morgan fingerprint density at radius 3 is 3.12 bits per heavy atom. The molecule has 2 rings (SSSR count). The number of carbonyl (C=O) groups is 1. The van der Waals surface area contributed by atoms with E-state index in [0.29, 0.717) is 0 Å². The van der Waals surface area contributed by atoms with Crippen molar-refractivity contribution in [2.75, 3.05) is 11.4 Å². The van der Waals surface area contributed by atoms with E-state index in [1.807, 2.05) is 31.2 Å². The van der Waals surface area contributed by atoms with Gasteiger partial charge in [-0.05, 0) is 30.5 Å². The number of nitrogens with zero attached hydrogens (tertiary/aromatic N) is 4. The Kier molecular flexibility index (Phi) is 2.79. The third-order valence-electron chi connectivity index (χ3n) is 2.75. The van der Waals surface area contributed by atoms with Gasteiger partial charge in [-0.3, -0.25) is 4.79 Å². The summed E-state index contributed by atoms with van der Waals surface area (Å²) >= 11 is 0. The fourth-order valence-corrected chi connectivity index (χ4v) is 2.11. The number of amides is 1. The number of azide groups is 1. The third-order valence-corrected chi connectivity index (χ3v) is 2.75. The number of benzene rings is 1. The minimum Gasteiger partial charge on any atom is -0.309 e. The molecule has 0 fully saturated rings. The van der Waals surface area contributed by atoms with Crippen LogP contribution in [-0.2, 0) is 11.2 Å². The van der Waals surface area contributed by atoms with Gasteiger partial charge in [-0.2, -0.15) is 0 Å². The first kappa shape index (κ1) is 10.5. The minimum atomic E-state index is -0.143. The van der Waals surface area contributed by atoms with Gasteiger partial charge in [0.25, 0.3) is 0 Å². The number of fused-ring (bicyclic) bond motifs is 1. The zero-order chi connectivity index (χ0) is 11.5. The van der Waals surface area contributed by atoms with Crippen LogP contribution < -0.4 is 4.90 Å². The van der Waals surface area contributed by atoms with E-state index in [0.717, 1.165) is 12.1 Å². The second-order valence-corrected chi connectivity index (χ2v) is 3.83. The van der Waals surface area contributed by atoms with Crippen molar-refractivity contribution in [1.82, 2.24) is 0 Å². The van der Waals surface area contributed by atoms with Crippen molar-refractivity contribution >= 4 is 11.6 Å². The summed E-state index contributed by atoms with van der Waals surface area (Å²) in [5, 5.41) is 3.31. The number of hydrogen-bond acceptors (Lipinski definition) is 2. The Labute approximate surface area is 93.3 Å². The molecule has 1 aromatic carbocycles. The van der Waals surface area contributed by atoms with Gasteiger partial charge in [-0.25, -0.2) is 0 Å². The van der Waals surface area contributed by atoms with E-state index in [-0.39, 0.29) is 18.5 Å². The van der Waals surface area contributed by atoms with E-state index in [2.05, 4.69) is 10.0 Å². The molecule has 5 heteroatoms. The lowest BCUT2D eigenvalue weighted by Gasteiger charge is -2.21. The summed E-state index contributed by atoms with van der Waals surface area (Å²) in [7, 11) is 0. The molecule has 1 amide bonds. The van der Waals surface area contributed by atoms with Crippen molar-refractivity contribution in [2.45, 2.75) is 19.4 Å². The van der Waals surface area contributed by atoms with Crippen LogP contribution in [0.1, 0.15) is 12.5 Å². The fraction of sp³-hybridized carbons (Fsp3) is 0.364. The Bertz CT molecular complexity index is 465. The SMILES string of the molecule is CC1Cc2ccccc2N1C(=O)CN=[N+]=[N-]. The summed E-state index contributed by atoms with van der Waals surface area (Å²) in [6.07, 6.45) is 0.859. The molecule has 0 spiro atoms. The molecule has 0 bridgehead atoms. The molecule has 0 aliphatic carbocycles. The van der Waals surface area contributed by atoms with Crippen LogP contribution in [0.2, 0.25) is 0 Å². The largest absolute Gasteiger partial charge is 0.309 e. The lowest BCUT2D eigenvalue weighted by Crippen LogP contribution is -2.37. The van der Waals surface area contributed by atoms with Crippen molar-refractivity contribution in [2.24, 2.45) is 5.11 Å². The average molecular weight is 216 g/mol. The highest BCUT2D eigenvalue weighted by Crippen LogP contribution is 2.31. The van der Waals surface area contributed by atoms with Gasteiger partial charge in [-0.15, -0.1) is 0 Å². The Hall–Kier alpha value is -2.00. The highest BCUT2D eigenvalue weighted by Gasteiger charge is 2.29. The summed E-state index contributed by atoms with van der Waals surface area (Å²) in [6, 6.07) is 7.95. The van der Waals surface area contributed by atoms with Crippen LogP contribution in [0, 0.1) is 0 Å². The number of carbonyl (C=O) groups excluding carboxylic acids is 1. The maximum absolute atomic E-state index is 11.8. The molecule has 0 radical (unpaired) electrons. The summed E-state index contributed by atoms with van der Waals surface area (Å²) in [6.45, 7) is 1.88. The van der Waals surface area contributed by atoms with Crippen LogP contribution in [0.5, 0.6) is 0 Å². The molecule has 5 nitrogen and oxygen atoms in total. The van der Waals surface area contributed by atoms with Crippen molar-refractivity contribution in [3.8, 4) is 0 Å². The molecule has 1 unspecified atom stereocenters. The molecule has 1 aliphatic rings. The highest BCUT2D eigenvalue weighted by atomic mass is 16.2. The van der Waals surface area contributed by atoms with Gasteiger partial charge in [0.15, 0.2) is 0 Å². The molecule has 1 atom stereocenters. The van der Waals surface area contributed by atoms with E-state index >= 15 is 0 Å². The number of para-hydroxylation sites is 1. The molecule has 0 saturated heterocycles. The van der Waals surface area contributed by atoms with Gasteiger partial charge >= 0.3 is 0 Å². The van der Waals surface area contributed by atoms with Crippen molar-refractivity contribution < 1.29 is 4.79 Å². The van der Waals surface area contributed by atoms with Gasteiger partial charge in [0.1, 0.15) is 6.54 Å². The maximum Gasteiger partial charge on any atom is 0.233 e. The number of anilines is 1. The fourth-order valence-electron chi connectivity index (χ4n) is 2.11. The number of rotatable bonds is 2. The minimum absolute atomic E-state index is 0.116. The predicted molar refractivity (Wildman–Crippen MR) is 61.1 cm³/mol. The zero-order valence-corrected chi connectivity index (χ0v) is 9.00. The molecule has 1 aromatic rings.